The topological polar surface area (TPSA) is 63.1 Å². The van der Waals surface area contributed by atoms with E-state index in [1.54, 1.807) is 0 Å². The third-order valence-electron chi connectivity index (χ3n) is 5.52. The van der Waals surface area contributed by atoms with E-state index in [0.717, 1.165) is 23.9 Å². The number of hydrogen-bond acceptors (Lipinski definition) is 2. The van der Waals surface area contributed by atoms with Gasteiger partial charge in [-0.3, -0.25) is 9.59 Å². The first-order valence-electron chi connectivity index (χ1n) is 11.4. The molecule has 0 bridgehead atoms. The van der Waals surface area contributed by atoms with Gasteiger partial charge in [-0.15, -0.1) is 0 Å². The van der Waals surface area contributed by atoms with Crippen molar-refractivity contribution in [2.45, 2.75) is 59.9 Å². The molecule has 2 N–H and O–H groups in total. The molecular weight excluding hydrogens is 398 g/mol. The summed E-state index contributed by atoms with van der Waals surface area (Å²) in [5.41, 5.74) is 4.22. The van der Waals surface area contributed by atoms with Crippen LogP contribution in [0.1, 0.15) is 74.4 Å². The quantitative estimate of drug-likeness (QED) is 0.481. The molecule has 0 radical (unpaired) electrons. The van der Waals surface area contributed by atoms with Crippen LogP contribution in [0.3, 0.4) is 0 Å². The molecule has 0 spiro atoms. The van der Waals surface area contributed by atoms with Gasteiger partial charge in [0, 0.05) is 35.2 Å². The summed E-state index contributed by atoms with van der Waals surface area (Å²) < 4.78 is 2.06. The van der Waals surface area contributed by atoms with Crippen LogP contribution in [0.4, 0.5) is 5.69 Å². The molecule has 0 aliphatic carbocycles. The molecule has 3 rings (SSSR count). The maximum Gasteiger partial charge on any atom is 0.267 e. The van der Waals surface area contributed by atoms with Gasteiger partial charge in [0.25, 0.3) is 11.8 Å². The Morgan fingerprint density at radius 3 is 2.25 bits per heavy atom. The Kier molecular flexibility index (Phi) is 7.07. The Hall–Kier alpha value is -3.08. The zero-order valence-corrected chi connectivity index (χ0v) is 20.1. The second kappa shape index (κ2) is 9.60. The van der Waals surface area contributed by atoms with E-state index in [9.17, 15) is 9.59 Å². The second-order valence-corrected chi connectivity index (χ2v) is 9.84. The molecule has 2 aromatic carbocycles. The molecule has 5 nitrogen and oxygen atoms in total. The van der Waals surface area contributed by atoms with Crippen molar-refractivity contribution in [1.29, 1.82) is 0 Å². The molecule has 1 aromatic heterocycles. The monoisotopic (exact) mass is 433 g/mol. The SMILES string of the molecule is CCCn1c(C(=O)NCC(C)C)cc2cc(NC(=O)c3ccc(C(C)(C)C)cc3)ccc21. The highest BCUT2D eigenvalue weighted by Gasteiger charge is 2.17. The van der Waals surface area contributed by atoms with Crippen molar-refractivity contribution in [3.63, 3.8) is 0 Å². The zero-order valence-electron chi connectivity index (χ0n) is 20.1. The number of hydrogen-bond donors (Lipinski definition) is 2. The Labute approximate surface area is 191 Å². The van der Waals surface area contributed by atoms with Gasteiger partial charge in [-0.05, 0) is 59.7 Å². The van der Waals surface area contributed by atoms with E-state index in [0.29, 0.717) is 29.4 Å². The highest BCUT2D eigenvalue weighted by atomic mass is 16.2. The normalized spacial score (nSPS) is 11.7. The first-order chi connectivity index (χ1) is 15.1. The van der Waals surface area contributed by atoms with E-state index in [2.05, 4.69) is 56.7 Å². The highest BCUT2D eigenvalue weighted by molar-refractivity contribution is 6.06. The maximum atomic E-state index is 12.8. The number of carbonyl (C=O) groups excluding carboxylic acids is 2. The Morgan fingerprint density at radius 1 is 0.969 bits per heavy atom. The molecule has 0 atom stereocenters. The number of anilines is 1. The number of carbonyl (C=O) groups is 2. The van der Waals surface area contributed by atoms with Gasteiger partial charge in [0.05, 0.1) is 0 Å². The van der Waals surface area contributed by atoms with Crippen LogP contribution in [0.5, 0.6) is 0 Å². The molecule has 0 unspecified atom stereocenters. The van der Waals surface area contributed by atoms with Gasteiger partial charge in [-0.1, -0.05) is 53.7 Å². The number of aromatic nitrogens is 1. The highest BCUT2D eigenvalue weighted by Crippen LogP contribution is 2.26. The first kappa shape index (κ1) is 23.6. The minimum Gasteiger partial charge on any atom is -0.351 e. The molecule has 2 amide bonds. The number of nitrogens with zero attached hydrogens (tertiary/aromatic N) is 1. The molecule has 32 heavy (non-hydrogen) atoms. The molecule has 5 heteroatoms. The van der Waals surface area contributed by atoms with Crippen molar-refractivity contribution in [3.8, 4) is 0 Å². The van der Waals surface area contributed by atoms with Crippen molar-refractivity contribution in [2.75, 3.05) is 11.9 Å². The van der Waals surface area contributed by atoms with Crippen LogP contribution in [0, 0.1) is 5.92 Å². The Balaban J connectivity index is 1.84. The number of rotatable bonds is 7. The third kappa shape index (κ3) is 5.39. The van der Waals surface area contributed by atoms with E-state index in [1.807, 2.05) is 48.5 Å². The van der Waals surface area contributed by atoms with E-state index in [1.165, 1.54) is 5.56 Å². The largest absolute Gasteiger partial charge is 0.351 e. The van der Waals surface area contributed by atoms with Crippen molar-refractivity contribution >= 4 is 28.4 Å². The van der Waals surface area contributed by atoms with Crippen molar-refractivity contribution < 1.29 is 9.59 Å². The van der Waals surface area contributed by atoms with Crippen LogP contribution in [0.2, 0.25) is 0 Å². The summed E-state index contributed by atoms with van der Waals surface area (Å²) in [7, 11) is 0. The van der Waals surface area contributed by atoms with Gasteiger partial charge in [-0.2, -0.15) is 0 Å². The smallest absolute Gasteiger partial charge is 0.267 e. The van der Waals surface area contributed by atoms with Crippen LogP contribution in [0.25, 0.3) is 10.9 Å². The van der Waals surface area contributed by atoms with Gasteiger partial charge >= 0.3 is 0 Å². The van der Waals surface area contributed by atoms with E-state index >= 15 is 0 Å². The second-order valence-electron chi connectivity index (χ2n) is 9.84. The molecule has 0 aliphatic heterocycles. The fourth-order valence-electron chi connectivity index (χ4n) is 3.71. The van der Waals surface area contributed by atoms with E-state index < -0.39 is 0 Å². The number of benzene rings is 2. The summed E-state index contributed by atoms with van der Waals surface area (Å²) >= 11 is 0. The van der Waals surface area contributed by atoms with E-state index in [4.69, 9.17) is 0 Å². The van der Waals surface area contributed by atoms with Crippen molar-refractivity contribution in [3.05, 3.63) is 65.4 Å². The Bertz CT molecular complexity index is 1100. The molecular formula is C27H35N3O2. The van der Waals surface area contributed by atoms with Crippen LogP contribution >= 0.6 is 0 Å². The molecule has 1 heterocycles. The minimum atomic E-state index is -0.146. The Morgan fingerprint density at radius 2 is 1.66 bits per heavy atom. The van der Waals surface area contributed by atoms with Crippen molar-refractivity contribution in [2.24, 2.45) is 5.92 Å². The minimum absolute atomic E-state index is 0.0465. The molecule has 3 aromatic rings. The van der Waals surface area contributed by atoms with Gasteiger partial charge in [0.1, 0.15) is 5.69 Å². The fourth-order valence-corrected chi connectivity index (χ4v) is 3.71. The maximum absolute atomic E-state index is 12.8. The number of aryl methyl sites for hydroxylation is 1. The van der Waals surface area contributed by atoms with Crippen molar-refractivity contribution in [1.82, 2.24) is 9.88 Å². The molecule has 0 fully saturated rings. The van der Waals surface area contributed by atoms with Gasteiger partial charge in [0.2, 0.25) is 0 Å². The number of fused-ring (bicyclic) bond motifs is 1. The van der Waals surface area contributed by atoms with Crippen LogP contribution in [0.15, 0.2) is 48.5 Å². The van der Waals surface area contributed by atoms with Gasteiger partial charge in [-0.25, -0.2) is 0 Å². The summed E-state index contributed by atoms with van der Waals surface area (Å²) in [5.74, 6) is 0.183. The molecule has 0 aliphatic rings. The summed E-state index contributed by atoms with van der Waals surface area (Å²) in [4.78, 5) is 25.5. The van der Waals surface area contributed by atoms with E-state index in [-0.39, 0.29) is 17.2 Å². The summed E-state index contributed by atoms with van der Waals surface area (Å²) in [6.45, 7) is 14.1. The average molecular weight is 434 g/mol. The fraction of sp³-hybridized carbons (Fsp3) is 0.407. The lowest BCUT2D eigenvalue weighted by Crippen LogP contribution is -2.29. The molecule has 170 valence electrons. The zero-order chi connectivity index (χ0) is 23.5. The molecule has 0 saturated heterocycles. The lowest BCUT2D eigenvalue weighted by molar-refractivity contribution is 0.0939. The predicted molar refractivity (Wildman–Crippen MR) is 132 cm³/mol. The summed E-state index contributed by atoms with van der Waals surface area (Å²) in [6.07, 6.45) is 0.928. The van der Waals surface area contributed by atoms with Gasteiger partial charge < -0.3 is 15.2 Å². The molecule has 0 saturated carbocycles. The third-order valence-corrected chi connectivity index (χ3v) is 5.52. The summed E-state index contributed by atoms with van der Waals surface area (Å²) in [5, 5.41) is 6.94. The first-order valence-corrected chi connectivity index (χ1v) is 11.4. The van der Waals surface area contributed by atoms with Crippen LogP contribution in [-0.2, 0) is 12.0 Å². The van der Waals surface area contributed by atoms with Crippen LogP contribution in [-0.4, -0.2) is 22.9 Å². The standard InChI is InChI=1S/C27H35N3O2/c1-7-14-30-23-13-12-22(15-20(23)16-24(30)26(32)28-17-18(2)3)29-25(31)19-8-10-21(11-9-19)27(4,5)6/h8-13,15-16,18H,7,14,17H2,1-6H3,(H,28,32)(H,29,31). The lowest BCUT2D eigenvalue weighted by atomic mass is 9.87. The average Bonchev–Trinajstić information content (AvgIpc) is 3.09. The van der Waals surface area contributed by atoms with Crippen LogP contribution < -0.4 is 10.6 Å². The lowest BCUT2D eigenvalue weighted by Gasteiger charge is -2.19. The van der Waals surface area contributed by atoms with Gasteiger partial charge in [0.15, 0.2) is 0 Å². The number of amides is 2. The summed E-state index contributed by atoms with van der Waals surface area (Å²) in [6, 6.07) is 15.5. The predicted octanol–water partition coefficient (Wildman–Crippen LogP) is 5.99. The number of nitrogens with one attached hydrogen (secondary N) is 2.